The Labute approximate surface area is 122 Å². The largest absolute Gasteiger partial charge is 0.417 e. The highest BCUT2D eigenvalue weighted by Gasteiger charge is 2.34. The second-order valence-corrected chi connectivity index (χ2v) is 5.20. The van der Waals surface area contributed by atoms with Crippen LogP contribution in [0.3, 0.4) is 0 Å². The van der Waals surface area contributed by atoms with Crippen molar-refractivity contribution in [3.8, 4) is 0 Å². The SMILES string of the molecule is CCn1c(Sc2ccc(CN)cc2C(F)(F)F)n[nH]c1=O. The molecule has 0 aliphatic carbocycles. The number of benzene rings is 1. The Morgan fingerprint density at radius 1 is 1.43 bits per heavy atom. The van der Waals surface area contributed by atoms with E-state index in [0.29, 0.717) is 12.1 Å². The summed E-state index contributed by atoms with van der Waals surface area (Å²) in [5.41, 5.74) is 4.53. The summed E-state index contributed by atoms with van der Waals surface area (Å²) in [4.78, 5) is 11.4. The first-order valence-corrected chi connectivity index (χ1v) is 6.91. The van der Waals surface area contributed by atoms with Gasteiger partial charge in [-0.05, 0) is 36.4 Å². The summed E-state index contributed by atoms with van der Waals surface area (Å²) >= 11 is 0.792. The van der Waals surface area contributed by atoms with Crippen molar-refractivity contribution in [3.05, 3.63) is 39.8 Å². The average molecular weight is 318 g/mol. The molecule has 0 bridgehead atoms. The van der Waals surface area contributed by atoms with Crippen LogP contribution >= 0.6 is 11.8 Å². The van der Waals surface area contributed by atoms with Crippen LogP contribution in [0, 0.1) is 0 Å². The first kappa shape index (κ1) is 15.6. The van der Waals surface area contributed by atoms with Gasteiger partial charge in [-0.15, -0.1) is 5.10 Å². The smallest absolute Gasteiger partial charge is 0.326 e. The summed E-state index contributed by atoms with van der Waals surface area (Å²) in [5.74, 6) is 0. The van der Waals surface area contributed by atoms with Crippen molar-refractivity contribution in [3.63, 3.8) is 0 Å². The van der Waals surface area contributed by atoms with Gasteiger partial charge in [-0.25, -0.2) is 9.89 Å². The highest BCUT2D eigenvalue weighted by molar-refractivity contribution is 7.99. The number of hydrogen-bond acceptors (Lipinski definition) is 4. The van der Waals surface area contributed by atoms with Crippen molar-refractivity contribution in [1.82, 2.24) is 14.8 Å². The zero-order chi connectivity index (χ0) is 15.6. The van der Waals surface area contributed by atoms with Gasteiger partial charge in [0.15, 0.2) is 5.16 Å². The lowest BCUT2D eigenvalue weighted by molar-refractivity contribution is -0.139. The lowest BCUT2D eigenvalue weighted by Gasteiger charge is -2.13. The molecule has 0 saturated heterocycles. The molecule has 1 aromatic heterocycles. The van der Waals surface area contributed by atoms with Crippen molar-refractivity contribution in [2.24, 2.45) is 5.73 Å². The normalized spacial score (nSPS) is 11.9. The summed E-state index contributed by atoms with van der Waals surface area (Å²) in [6.45, 7) is 2.05. The van der Waals surface area contributed by atoms with E-state index in [0.717, 1.165) is 17.8 Å². The molecule has 0 aliphatic heterocycles. The Morgan fingerprint density at radius 3 is 2.71 bits per heavy atom. The quantitative estimate of drug-likeness (QED) is 0.906. The van der Waals surface area contributed by atoms with Crippen LogP contribution in [-0.2, 0) is 19.3 Å². The minimum absolute atomic E-state index is 0.0200. The van der Waals surface area contributed by atoms with Crippen LogP contribution in [0.5, 0.6) is 0 Å². The molecule has 2 rings (SSSR count). The number of nitrogens with two attached hydrogens (primary N) is 1. The maximum atomic E-state index is 13.1. The van der Waals surface area contributed by atoms with Crippen molar-refractivity contribution in [2.45, 2.75) is 36.2 Å². The zero-order valence-corrected chi connectivity index (χ0v) is 11.9. The van der Waals surface area contributed by atoms with Crippen molar-refractivity contribution in [2.75, 3.05) is 0 Å². The molecule has 2 aromatic rings. The lowest BCUT2D eigenvalue weighted by Crippen LogP contribution is -2.16. The molecule has 9 heteroatoms. The van der Waals surface area contributed by atoms with Crippen LogP contribution in [0.4, 0.5) is 13.2 Å². The van der Waals surface area contributed by atoms with Gasteiger partial charge < -0.3 is 5.73 Å². The summed E-state index contributed by atoms with van der Waals surface area (Å²) < 4.78 is 40.6. The molecule has 0 spiro atoms. The number of aromatic nitrogens is 3. The van der Waals surface area contributed by atoms with E-state index in [4.69, 9.17) is 5.73 Å². The Hall–Kier alpha value is -1.74. The molecule has 0 atom stereocenters. The van der Waals surface area contributed by atoms with Gasteiger partial charge in [-0.3, -0.25) is 4.57 Å². The predicted octanol–water partition coefficient (Wildman–Crippen LogP) is 2.22. The molecule has 1 aromatic carbocycles. The number of hydrogen-bond donors (Lipinski definition) is 2. The zero-order valence-electron chi connectivity index (χ0n) is 11.1. The van der Waals surface area contributed by atoms with Crippen molar-refractivity contribution >= 4 is 11.8 Å². The second-order valence-electron chi connectivity index (χ2n) is 4.19. The minimum atomic E-state index is -4.50. The van der Waals surface area contributed by atoms with Gasteiger partial charge in [0, 0.05) is 18.0 Å². The fraction of sp³-hybridized carbons (Fsp3) is 0.333. The molecule has 5 nitrogen and oxygen atoms in total. The Balaban J connectivity index is 2.46. The molecule has 0 radical (unpaired) electrons. The number of rotatable bonds is 4. The average Bonchev–Trinajstić information content (AvgIpc) is 2.78. The van der Waals surface area contributed by atoms with Gasteiger partial charge in [-0.2, -0.15) is 13.2 Å². The third-order valence-electron chi connectivity index (χ3n) is 2.83. The fourth-order valence-electron chi connectivity index (χ4n) is 1.77. The van der Waals surface area contributed by atoms with Gasteiger partial charge in [0.2, 0.25) is 0 Å². The van der Waals surface area contributed by atoms with Crippen LogP contribution in [-0.4, -0.2) is 14.8 Å². The monoisotopic (exact) mass is 318 g/mol. The fourth-order valence-corrected chi connectivity index (χ4v) is 2.80. The molecule has 21 heavy (non-hydrogen) atoms. The molecule has 0 fully saturated rings. The summed E-state index contributed by atoms with van der Waals surface area (Å²) in [6.07, 6.45) is -4.50. The Morgan fingerprint density at radius 2 is 2.14 bits per heavy atom. The van der Waals surface area contributed by atoms with Crippen LogP contribution < -0.4 is 11.4 Å². The summed E-state index contributed by atoms with van der Waals surface area (Å²) in [5, 5.41) is 6.16. The highest BCUT2D eigenvalue weighted by atomic mass is 32.2. The maximum absolute atomic E-state index is 13.1. The maximum Gasteiger partial charge on any atom is 0.417 e. The summed E-state index contributed by atoms with van der Waals surface area (Å²) in [7, 11) is 0. The highest BCUT2D eigenvalue weighted by Crippen LogP contribution is 2.39. The van der Waals surface area contributed by atoms with Gasteiger partial charge in [0.1, 0.15) is 0 Å². The third-order valence-corrected chi connectivity index (χ3v) is 3.90. The Kier molecular flexibility index (Phi) is 4.43. The molecule has 0 amide bonds. The molecular formula is C12H13F3N4OS. The number of alkyl halides is 3. The first-order chi connectivity index (χ1) is 9.86. The van der Waals surface area contributed by atoms with Crippen molar-refractivity contribution < 1.29 is 13.2 Å². The second kappa shape index (κ2) is 5.94. The standard InChI is InChI=1S/C12H13F3N4OS/c1-2-19-10(20)17-18-11(19)21-9-4-3-7(6-16)5-8(9)12(13,14)15/h3-5H,2,6,16H2,1H3,(H,17,20). The van der Waals surface area contributed by atoms with E-state index in [-0.39, 0.29) is 16.6 Å². The first-order valence-electron chi connectivity index (χ1n) is 6.10. The Bertz CT molecular complexity index is 693. The molecular weight excluding hydrogens is 305 g/mol. The topological polar surface area (TPSA) is 76.7 Å². The van der Waals surface area contributed by atoms with E-state index in [1.165, 1.54) is 16.7 Å². The minimum Gasteiger partial charge on any atom is -0.326 e. The molecule has 3 N–H and O–H groups in total. The van der Waals surface area contributed by atoms with Crippen LogP contribution in [0.25, 0.3) is 0 Å². The number of aromatic amines is 1. The van der Waals surface area contributed by atoms with Gasteiger partial charge in [0.05, 0.1) is 5.56 Å². The number of H-pyrrole nitrogens is 1. The molecule has 1 heterocycles. The van der Waals surface area contributed by atoms with E-state index in [1.807, 2.05) is 0 Å². The molecule has 0 saturated carbocycles. The number of nitrogens with one attached hydrogen (secondary N) is 1. The number of halogens is 3. The van der Waals surface area contributed by atoms with E-state index >= 15 is 0 Å². The van der Waals surface area contributed by atoms with Crippen LogP contribution in [0.15, 0.2) is 33.0 Å². The lowest BCUT2D eigenvalue weighted by atomic mass is 10.1. The van der Waals surface area contributed by atoms with Gasteiger partial charge in [0.25, 0.3) is 0 Å². The molecule has 0 aliphatic rings. The van der Waals surface area contributed by atoms with Crippen LogP contribution in [0.1, 0.15) is 18.1 Å². The van der Waals surface area contributed by atoms with E-state index in [2.05, 4.69) is 10.2 Å². The molecule has 114 valence electrons. The van der Waals surface area contributed by atoms with E-state index < -0.39 is 17.4 Å². The number of nitrogens with zero attached hydrogens (tertiary/aromatic N) is 2. The predicted molar refractivity (Wildman–Crippen MR) is 72.0 cm³/mol. The van der Waals surface area contributed by atoms with Crippen molar-refractivity contribution in [1.29, 1.82) is 0 Å². The third kappa shape index (κ3) is 3.30. The van der Waals surface area contributed by atoms with Crippen LogP contribution in [0.2, 0.25) is 0 Å². The van der Waals surface area contributed by atoms with E-state index in [9.17, 15) is 18.0 Å². The van der Waals surface area contributed by atoms with Gasteiger partial charge >= 0.3 is 11.9 Å². The summed E-state index contributed by atoms with van der Waals surface area (Å²) in [6, 6.07) is 3.89. The van der Waals surface area contributed by atoms with E-state index in [1.54, 1.807) is 6.92 Å². The van der Waals surface area contributed by atoms with Gasteiger partial charge in [-0.1, -0.05) is 6.07 Å². The molecule has 0 unspecified atom stereocenters.